The molecular weight excluding hydrogens is 246 g/mol. The monoisotopic (exact) mass is 261 g/mol. The minimum absolute atomic E-state index is 0.00503. The van der Waals surface area contributed by atoms with E-state index in [1.165, 1.54) is 27.8 Å². The maximum atomic E-state index is 12.2. The third kappa shape index (κ3) is 1.42. The van der Waals surface area contributed by atoms with Crippen LogP contribution in [-0.4, -0.2) is 4.98 Å². The van der Waals surface area contributed by atoms with Crippen LogP contribution < -0.4 is 5.56 Å². The van der Waals surface area contributed by atoms with Crippen molar-refractivity contribution in [2.24, 2.45) is 0 Å². The first-order chi connectivity index (χ1) is 9.65. The van der Waals surface area contributed by atoms with E-state index in [4.69, 9.17) is 0 Å². The Labute approximate surface area is 117 Å². The molecule has 0 aliphatic heterocycles. The number of H-pyrrole nitrogens is 1. The van der Waals surface area contributed by atoms with Gasteiger partial charge < -0.3 is 4.98 Å². The molecule has 0 atom stereocenters. The molecule has 20 heavy (non-hydrogen) atoms. The maximum absolute atomic E-state index is 12.2. The summed E-state index contributed by atoms with van der Waals surface area (Å²) in [5.41, 5.74) is 7.34. The molecule has 4 rings (SSSR count). The van der Waals surface area contributed by atoms with Crippen molar-refractivity contribution in [3.63, 3.8) is 0 Å². The second-order valence-electron chi connectivity index (χ2n) is 5.62. The van der Waals surface area contributed by atoms with Gasteiger partial charge in [0, 0.05) is 17.4 Å². The van der Waals surface area contributed by atoms with Crippen LogP contribution in [0.4, 0.5) is 0 Å². The molecule has 1 aromatic heterocycles. The van der Waals surface area contributed by atoms with Gasteiger partial charge in [-0.05, 0) is 53.6 Å². The van der Waals surface area contributed by atoms with Gasteiger partial charge in [-0.15, -0.1) is 0 Å². The smallest absolute Gasteiger partial charge is 0.256 e. The standard InChI is InChI=1S/C18H15NO/c1-10-7-12-9-16-13-5-3-4-6-14(13)18(20)19-17(16)15(12)8-11(10)2/h3-8H,9H2,1-2H3,(H,19,20). The van der Waals surface area contributed by atoms with Gasteiger partial charge >= 0.3 is 0 Å². The number of pyridine rings is 1. The van der Waals surface area contributed by atoms with Crippen molar-refractivity contribution in [3.05, 3.63) is 69.0 Å². The minimum Gasteiger partial charge on any atom is -0.321 e. The molecule has 1 heterocycles. The summed E-state index contributed by atoms with van der Waals surface area (Å²) in [4.78, 5) is 15.3. The molecule has 2 nitrogen and oxygen atoms in total. The van der Waals surface area contributed by atoms with Crippen LogP contribution in [0.2, 0.25) is 0 Å². The van der Waals surface area contributed by atoms with Crippen molar-refractivity contribution in [2.75, 3.05) is 0 Å². The summed E-state index contributed by atoms with van der Waals surface area (Å²) in [6.45, 7) is 4.26. The van der Waals surface area contributed by atoms with E-state index >= 15 is 0 Å². The lowest BCUT2D eigenvalue weighted by Gasteiger charge is -2.06. The molecule has 0 radical (unpaired) electrons. The molecule has 0 unspecified atom stereocenters. The summed E-state index contributed by atoms with van der Waals surface area (Å²) >= 11 is 0. The number of hydrogen-bond acceptors (Lipinski definition) is 1. The van der Waals surface area contributed by atoms with Crippen LogP contribution in [0.3, 0.4) is 0 Å². The molecular formula is C18H15NO. The normalized spacial score (nSPS) is 12.5. The van der Waals surface area contributed by atoms with Gasteiger partial charge in [-0.1, -0.05) is 24.3 Å². The van der Waals surface area contributed by atoms with Crippen molar-refractivity contribution in [1.29, 1.82) is 0 Å². The molecule has 2 heteroatoms. The van der Waals surface area contributed by atoms with Gasteiger partial charge in [0.25, 0.3) is 5.56 Å². The Morgan fingerprint density at radius 2 is 1.70 bits per heavy atom. The van der Waals surface area contributed by atoms with E-state index in [0.717, 1.165) is 22.9 Å². The molecule has 0 amide bonds. The molecule has 1 N–H and O–H groups in total. The first-order valence-corrected chi connectivity index (χ1v) is 6.89. The van der Waals surface area contributed by atoms with Gasteiger partial charge in [0.05, 0.1) is 5.69 Å². The topological polar surface area (TPSA) is 32.9 Å². The fourth-order valence-electron chi connectivity index (χ4n) is 3.19. The summed E-state index contributed by atoms with van der Waals surface area (Å²) in [5.74, 6) is 0. The maximum Gasteiger partial charge on any atom is 0.256 e. The zero-order chi connectivity index (χ0) is 13.9. The van der Waals surface area contributed by atoms with Gasteiger partial charge in [0.2, 0.25) is 0 Å². The van der Waals surface area contributed by atoms with Crippen LogP contribution >= 0.6 is 0 Å². The number of aryl methyl sites for hydroxylation is 2. The van der Waals surface area contributed by atoms with Crippen molar-refractivity contribution in [1.82, 2.24) is 4.98 Å². The van der Waals surface area contributed by atoms with Crippen molar-refractivity contribution >= 4 is 10.8 Å². The van der Waals surface area contributed by atoms with Crippen LogP contribution in [-0.2, 0) is 6.42 Å². The molecule has 0 fully saturated rings. The number of aromatic nitrogens is 1. The van der Waals surface area contributed by atoms with E-state index in [2.05, 4.69) is 37.0 Å². The number of fused-ring (bicyclic) bond motifs is 5. The third-order valence-corrected chi connectivity index (χ3v) is 4.39. The Kier molecular flexibility index (Phi) is 2.19. The van der Waals surface area contributed by atoms with Crippen LogP contribution in [0.15, 0.2) is 41.2 Å². The first-order valence-electron chi connectivity index (χ1n) is 6.89. The summed E-state index contributed by atoms with van der Waals surface area (Å²) in [6, 6.07) is 12.3. The molecule has 2 aromatic carbocycles. The Balaban J connectivity index is 2.12. The minimum atomic E-state index is 0.00503. The number of rotatable bonds is 0. The molecule has 0 saturated carbocycles. The summed E-state index contributed by atoms with van der Waals surface area (Å²) in [6.07, 6.45) is 0.906. The molecule has 3 aromatic rings. The molecule has 98 valence electrons. The Hall–Kier alpha value is -2.35. The van der Waals surface area contributed by atoms with Gasteiger partial charge in [-0.3, -0.25) is 4.79 Å². The highest BCUT2D eigenvalue weighted by atomic mass is 16.1. The fraction of sp³-hybridized carbons (Fsp3) is 0.167. The lowest BCUT2D eigenvalue weighted by molar-refractivity contribution is 1.22. The lowest BCUT2D eigenvalue weighted by atomic mass is 10.0. The van der Waals surface area contributed by atoms with E-state index in [0.29, 0.717) is 0 Å². The number of nitrogens with one attached hydrogen (secondary N) is 1. The van der Waals surface area contributed by atoms with E-state index < -0.39 is 0 Å². The van der Waals surface area contributed by atoms with E-state index in [9.17, 15) is 4.79 Å². The van der Waals surface area contributed by atoms with Crippen molar-refractivity contribution in [3.8, 4) is 11.3 Å². The summed E-state index contributed by atoms with van der Waals surface area (Å²) in [5, 5.41) is 1.87. The third-order valence-electron chi connectivity index (χ3n) is 4.39. The van der Waals surface area contributed by atoms with E-state index in [-0.39, 0.29) is 5.56 Å². The predicted molar refractivity (Wildman–Crippen MR) is 82.3 cm³/mol. The number of hydrogen-bond donors (Lipinski definition) is 1. The Bertz CT molecular complexity index is 919. The van der Waals surface area contributed by atoms with Crippen LogP contribution in [0.1, 0.15) is 22.3 Å². The quantitative estimate of drug-likeness (QED) is 0.514. The average Bonchev–Trinajstić information content (AvgIpc) is 2.78. The SMILES string of the molecule is Cc1cc2c(cc1C)-c1[nH]c(=O)c3ccccc3c1C2. The number of aromatic amines is 1. The Morgan fingerprint density at radius 3 is 2.50 bits per heavy atom. The largest absolute Gasteiger partial charge is 0.321 e. The van der Waals surface area contributed by atoms with Gasteiger partial charge in [-0.2, -0.15) is 0 Å². The Morgan fingerprint density at radius 1 is 1.00 bits per heavy atom. The summed E-state index contributed by atoms with van der Waals surface area (Å²) in [7, 11) is 0. The molecule has 0 bridgehead atoms. The highest BCUT2D eigenvalue weighted by Gasteiger charge is 2.22. The van der Waals surface area contributed by atoms with E-state index in [1.807, 2.05) is 18.2 Å². The van der Waals surface area contributed by atoms with Gasteiger partial charge in [0.15, 0.2) is 0 Å². The van der Waals surface area contributed by atoms with Crippen LogP contribution in [0, 0.1) is 13.8 Å². The predicted octanol–water partition coefficient (Wildman–Crippen LogP) is 3.72. The molecule has 1 aliphatic carbocycles. The van der Waals surface area contributed by atoms with Crippen molar-refractivity contribution < 1.29 is 0 Å². The van der Waals surface area contributed by atoms with Gasteiger partial charge in [0.1, 0.15) is 0 Å². The second-order valence-corrected chi connectivity index (χ2v) is 5.62. The van der Waals surface area contributed by atoms with Crippen LogP contribution in [0.5, 0.6) is 0 Å². The zero-order valence-corrected chi connectivity index (χ0v) is 11.6. The molecule has 1 aliphatic rings. The second kappa shape index (κ2) is 3.83. The fourth-order valence-corrected chi connectivity index (χ4v) is 3.19. The molecule has 0 saturated heterocycles. The first kappa shape index (κ1) is 11.5. The highest BCUT2D eigenvalue weighted by molar-refractivity contribution is 5.92. The van der Waals surface area contributed by atoms with E-state index in [1.54, 1.807) is 0 Å². The highest BCUT2D eigenvalue weighted by Crippen LogP contribution is 2.38. The van der Waals surface area contributed by atoms with Gasteiger partial charge in [-0.25, -0.2) is 0 Å². The van der Waals surface area contributed by atoms with Crippen LogP contribution in [0.25, 0.3) is 22.0 Å². The summed E-state index contributed by atoms with van der Waals surface area (Å²) < 4.78 is 0. The average molecular weight is 261 g/mol. The number of benzene rings is 2. The lowest BCUT2D eigenvalue weighted by Crippen LogP contribution is -2.08. The van der Waals surface area contributed by atoms with Crippen molar-refractivity contribution in [2.45, 2.75) is 20.3 Å². The molecule has 0 spiro atoms. The zero-order valence-electron chi connectivity index (χ0n) is 11.6.